The van der Waals surface area contributed by atoms with Gasteiger partial charge in [0, 0.05) is 39.0 Å². The summed E-state index contributed by atoms with van der Waals surface area (Å²) in [6.45, 7) is 0. The average Bonchev–Trinajstić information content (AvgIpc) is 2.33. The van der Waals surface area contributed by atoms with Crippen molar-refractivity contribution < 1.29 is 0 Å². The van der Waals surface area contributed by atoms with Gasteiger partial charge in [0.2, 0.25) is 0 Å². The minimum Gasteiger partial charge on any atom is -0.361 e. The molecule has 0 aliphatic carbocycles. The van der Waals surface area contributed by atoms with E-state index in [4.69, 9.17) is 0 Å². The summed E-state index contributed by atoms with van der Waals surface area (Å²) < 4.78 is 0. The number of aromatic nitrogens is 1. The number of hydrogen-bond donors (Lipinski definition) is 1. The number of fused-ring (bicyclic) bond motifs is 1. The van der Waals surface area contributed by atoms with E-state index in [2.05, 4.69) is 23.2 Å². The first-order valence-electron chi connectivity index (χ1n) is 2.99. The van der Waals surface area contributed by atoms with Gasteiger partial charge in [0.25, 0.3) is 0 Å². The van der Waals surface area contributed by atoms with E-state index in [1.807, 2.05) is 18.3 Å². The van der Waals surface area contributed by atoms with Crippen LogP contribution in [0.4, 0.5) is 0 Å². The van der Waals surface area contributed by atoms with Crippen LogP contribution in [-0.4, -0.2) is 32.3 Å². The van der Waals surface area contributed by atoms with Crippen LogP contribution in [0.1, 0.15) is 0 Å². The number of hydrogen-bond acceptors (Lipinski definition) is 0. The van der Waals surface area contributed by atoms with Crippen molar-refractivity contribution in [2.75, 3.05) is 0 Å². The van der Waals surface area contributed by atoms with E-state index in [-0.39, 0.29) is 27.3 Å². The standard InChI is InChI=1S/C8H7N.Pb/c1-2-4-8-7(3-1)5-6-9-8;/h1-6,9H;. The van der Waals surface area contributed by atoms with Crippen LogP contribution in [0.3, 0.4) is 0 Å². The van der Waals surface area contributed by atoms with Crippen molar-refractivity contribution in [2.45, 2.75) is 0 Å². The molecule has 1 aromatic heterocycles. The summed E-state index contributed by atoms with van der Waals surface area (Å²) in [6, 6.07) is 10.3. The Bertz CT molecular complexity index is 283. The topological polar surface area (TPSA) is 15.8 Å². The molecule has 0 saturated heterocycles. The van der Waals surface area contributed by atoms with Gasteiger partial charge in [0.05, 0.1) is 0 Å². The largest absolute Gasteiger partial charge is 0.361 e. The van der Waals surface area contributed by atoms with Crippen LogP contribution in [-0.2, 0) is 0 Å². The molecule has 1 nitrogen and oxygen atoms in total. The zero-order chi connectivity index (χ0) is 6.10. The minimum atomic E-state index is 0. The van der Waals surface area contributed by atoms with Crippen LogP contribution in [0, 0.1) is 0 Å². The molecule has 1 heterocycles. The van der Waals surface area contributed by atoms with E-state index in [0.29, 0.717) is 0 Å². The summed E-state index contributed by atoms with van der Waals surface area (Å²) in [4.78, 5) is 3.12. The molecule has 2 rings (SSSR count). The Morgan fingerprint density at radius 2 is 1.80 bits per heavy atom. The van der Waals surface area contributed by atoms with Gasteiger partial charge < -0.3 is 4.98 Å². The fraction of sp³-hybridized carbons (Fsp3) is 0. The smallest absolute Gasteiger partial charge is 0.0453 e. The average molecular weight is 324 g/mol. The van der Waals surface area contributed by atoms with E-state index in [1.165, 1.54) is 10.9 Å². The summed E-state index contributed by atoms with van der Waals surface area (Å²) in [5.74, 6) is 0. The molecule has 48 valence electrons. The number of benzene rings is 1. The van der Waals surface area contributed by atoms with Crippen molar-refractivity contribution in [2.24, 2.45) is 0 Å². The molecule has 0 unspecified atom stereocenters. The van der Waals surface area contributed by atoms with Crippen LogP contribution in [0.25, 0.3) is 10.9 Å². The van der Waals surface area contributed by atoms with E-state index >= 15 is 0 Å². The molecule has 4 radical (unpaired) electrons. The van der Waals surface area contributed by atoms with Gasteiger partial charge in [-0.15, -0.1) is 0 Å². The Balaban J connectivity index is 0.000000500. The number of H-pyrrole nitrogens is 1. The first-order valence-corrected chi connectivity index (χ1v) is 2.99. The van der Waals surface area contributed by atoms with Crippen LogP contribution in [0.15, 0.2) is 36.5 Å². The minimum absolute atomic E-state index is 0. The van der Waals surface area contributed by atoms with Crippen LogP contribution in [0.5, 0.6) is 0 Å². The van der Waals surface area contributed by atoms with Crippen LogP contribution < -0.4 is 0 Å². The third kappa shape index (κ3) is 1.23. The molecule has 0 fully saturated rings. The van der Waals surface area contributed by atoms with Crippen molar-refractivity contribution >= 4 is 38.2 Å². The van der Waals surface area contributed by atoms with E-state index in [0.717, 1.165) is 0 Å². The second-order valence-corrected chi connectivity index (χ2v) is 2.06. The molecule has 0 aliphatic heterocycles. The zero-order valence-electron chi connectivity index (χ0n) is 5.46. The third-order valence-corrected chi connectivity index (χ3v) is 1.46. The number of aromatic amines is 1. The molecule has 1 aromatic carbocycles. The Morgan fingerprint density at radius 3 is 2.60 bits per heavy atom. The van der Waals surface area contributed by atoms with Crippen LogP contribution >= 0.6 is 0 Å². The molecule has 0 amide bonds. The first kappa shape index (κ1) is 7.79. The third-order valence-electron chi connectivity index (χ3n) is 1.46. The normalized spacial score (nSPS) is 9.20. The molecule has 2 heteroatoms. The monoisotopic (exact) mass is 325 g/mol. The molecule has 0 saturated carbocycles. The Morgan fingerprint density at radius 1 is 1.00 bits per heavy atom. The predicted molar refractivity (Wildman–Crippen MR) is 44.1 cm³/mol. The van der Waals surface area contributed by atoms with Crippen LogP contribution in [0.2, 0.25) is 0 Å². The summed E-state index contributed by atoms with van der Waals surface area (Å²) in [5.41, 5.74) is 1.21. The zero-order valence-corrected chi connectivity index (χ0v) is 9.35. The molecule has 0 atom stereocenters. The Labute approximate surface area is 79.6 Å². The second kappa shape index (κ2) is 3.19. The van der Waals surface area contributed by atoms with Crippen molar-refractivity contribution in [3.63, 3.8) is 0 Å². The summed E-state index contributed by atoms with van der Waals surface area (Å²) in [6.07, 6.45) is 1.95. The summed E-state index contributed by atoms with van der Waals surface area (Å²) in [7, 11) is 0. The molecule has 1 N–H and O–H groups in total. The van der Waals surface area contributed by atoms with Gasteiger partial charge in [-0.1, -0.05) is 18.2 Å². The predicted octanol–water partition coefficient (Wildman–Crippen LogP) is 1.79. The molecule has 0 aliphatic rings. The number of para-hydroxylation sites is 1. The molecular formula is C8H7NPb. The second-order valence-electron chi connectivity index (χ2n) is 2.06. The number of rotatable bonds is 0. The fourth-order valence-corrected chi connectivity index (χ4v) is 0.995. The molecule has 0 bridgehead atoms. The van der Waals surface area contributed by atoms with Crippen molar-refractivity contribution in [1.82, 2.24) is 4.98 Å². The molecular weight excluding hydrogens is 317 g/mol. The van der Waals surface area contributed by atoms with Crippen molar-refractivity contribution in [3.05, 3.63) is 36.5 Å². The summed E-state index contributed by atoms with van der Waals surface area (Å²) >= 11 is 0. The van der Waals surface area contributed by atoms with Gasteiger partial charge in [0.1, 0.15) is 0 Å². The molecule has 10 heavy (non-hydrogen) atoms. The van der Waals surface area contributed by atoms with Gasteiger partial charge in [0.15, 0.2) is 0 Å². The molecule has 2 aromatic rings. The van der Waals surface area contributed by atoms with Gasteiger partial charge in [-0.3, -0.25) is 0 Å². The van der Waals surface area contributed by atoms with E-state index in [1.54, 1.807) is 0 Å². The maximum absolute atomic E-state index is 3.12. The maximum Gasteiger partial charge on any atom is 0.0453 e. The SMILES string of the molecule is [Pb].c1ccc2[nH]ccc2c1. The van der Waals surface area contributed by atoms with Crippen molar-refractivity contribution in [1.29, 1.82) is 0 Å². The van der Waals surface area contributed by atoms with E-state index < -0.39 is 0 Å². The molecule has 0 spiro atoms. The van der Waals surface area contributed by atoms with Gasteiger partial charge in [-0.25, -0.2) is 0 Å². The van der Waals surface area contributed by atoms with Crippen molar-refractivity contribution in [3.8, 4) is 0 Å². The summed E-state index contributed by atoms with van der Waals surface area (Å²) in [5, 5.41) is 1.28. The quantitative estimate of drug-likeness (QED) is 0.711. The Kier molecular flexibility index (Phi) is 2.48. The van der Waals surface area contributed by atoms with Gasteiger partial charge in [-0.05, 0) is 17.5 Å². The fourth-order valence-electron chi connectivity index (χ4n) is 0.995. The first-order chi connectivity index (χ1) is 4.47. The van der Waals surface area contributed by atoms with E-state index in [9.17, 15) is 0 Å². The maximum atomic E-state index is 3.12. The number of nitrogens with one attached hydrogen (secondary N) is 1. The van der Waals surface area contributed by atoms with Gasteiger partial charge in [-0.2, -0.15) is 0 Å². The Hall–Kier alpha value is -0.318. The van der Waals surface area contributed by atoms with Gasteiger partial charge >= 0.3 is 0 Å².